The molecule has 0 unspecified atom stereocenters. The summed E-state index contributed by atoms with van der Waals surface area (Å²) in [7, 11) is 1.74. The summed E-state index contributed by atoms with van der Waals surface area (Å²) in [6.07, 6.45) is 3.45. The third kappa shape index (κ3) is 7.46. The van der Waals surface area contributed by atoms with E-state index in [2.05, 4.69) is 27.2 Å². The number of para-hydroxylation sites is 1. The number of guanidine groups is 1. The summed E-state index contributed by atoms with van der Waals surface area (Å²) in [5, 5.41) is 6.58. The van der Waals surface area contributed by atoms with Gasteiger partial charge in [-0.1, -0.05) is 36.9 Å². The van der Waals surface area contributed by atoms with Crippen molar-refractivity contribution >= 4 is 29.9 Å². The van der Waals surface area contributed by atoms with Crippen molar-refractivity contribution in [2.75, 3.05) is 20.3 Å². The SMILES string of the molecule is C=CCOc1ccccc1CNC(=NC)NCc1cccnc1OCC.I. The second kappa shape index (κ2) is 13.0. The molecule has 1 heterocycles. The van der Waals surface area contributed by atoms with Crippen LogP contribution in [0.5, 0.6) is 11.6 Å². The smallest absolute Gasteiger partial charge is 0.218 e. The molecule has 0 aliphatic heterocycles. The molecule has 0 radical (unpaired) electrons. The summed E-state index contributed by atoms with van der Waals surface area (Å²) in [5.74, 6) is 2.16. The summed E-state index contributed by atoms with van der Waals surface area (Å²) in [4.78, 5) is 8.52. The average Bonchev–Trinajstić information content (AvgIpc) is 2.68. The maximum atomic E-state index is 5.68. The molecular weight excluding hydrogens is 455 g/mol. The Bertz CT molecular complexity index is 737. The number of aliphatic imine (C=N–C) groups is 1. The number of ether oxygens (including phenoxy) is 2. The van der Waals surface area contributed by atoms with Gasteiger partial charge in [0.25, 0.3) is 0 Å². The van der Waals surface area contributed by atoms with Crippen molar-refractivity contribution < 1.29 is 9.47 Å². The maximum absolute atomic E-state index is 5.68. The number of aromatic nitrogens is 1. The fourth-order valence-corrected chi connectivity index (χ4v) is 2.34. The van der Waals surface area contributed by atoms with Gasteiger partial charge in [-0.2, -0.15) is 0 Å². The standard InChI is InChI=1S/C20H26N4O2.HI/c1-4-13-26-18-11-7-6-9-16(18)14-23-20(21-3)24-15-17-10-8-12-22-19(17)25-5-2;/h4,6-12H,1,5,13-15H2,2-3H3,(H2,21,23,24);1H. The minimum absolute atomic E-state index is 0. The van der Waals surface area contributed by atoms with E-state index < -0.39 is 0 Å². The molecule has 0 bridgehead atoms. The Kier molecular flexibility index (Phi) is 10.9. The molecule has 1 aromatic heterocycles. The first kappa shape index (κ1) is 22.8. The highest BCUT2D eigenvalue weighted by molar-refractivity contribution is 14.0. The van der Waals surface area contributed by atoms with Crippen molar-refractivity contribution in [1.82, 2.24) is 15.6 Å². The van der Waals surface area contributed by atoms with E-state index in [9.17, 15) is 0 Å². The third-order valence-corrected chi connectivity index (χ3v) is 3.58. The van der Waals surface area contributed by atoms with E-state index in [0.717, 1.165) is 16.9 Å². The highest BCUT2D eigenvalue weighted by Crippen LogP contribution is 2.17. The zero-order valence-electron chi connectivity index (χ0n) is 15.8. The second-order valence-electron chi connectivity index (χ2n) is 5.39. The maximum Gasteiger partial charge on any atom is 0.218 e. The highest BCUT2D eigenvalue weighted by Gasteiger charge is 2.07. The van der Waals surface area contributed by atoms with Crippen LogP contribution in [0.3, 0.4) is 0 Å². The minimum Gasteiger partial charge on any atom is -0.489 e. The van der Waals surface area contributed by atoms with E-state index in [1.54, 1.807) is 19.3 Å². The third-order valence-electron chi connectivity index (χ3n) is 3.58. The first-order chi connectivity index (χ1) is 12.8. The monoisotopic (exact) mass is 482 g/mol. The number of hydrogen-bond acceptors (Lipinski definition) is 4. The molecule has 2 rings (SSSR count). The number of benzene rings is 1. The first-order valence-electron chi connectivity index (χ1n) is 8.61. The van der Waals surface area contributed by atoms with Crippen molar-refractivity contribution in [3.05, 3.63) is 66.4 Å². The molecule has 0 aliphatic carbocycles. The highest BCUT2D eigenvalue weighted by atomic mass is 127. The lowest BCUT2D eigenvalue weighted by Crippen LogP contribution is -2.36. The van der Waals surface area contributed by atoms with Gasteiger partial charge in [0.15, 0.2) is 5.96 Å². The zero-order chi connectivity index (χ0) is 18.6. The Labute approximate surface area is 178 Å². The van der Waals surface area contributed by atoms with Crippen molar-refractivity contribution in [3.63, 3.8) is 0 Å². The Morgan fingerprint density at radius 1 is 1.11 bits per heavy atom. The summed E-state index contributed by atoms with van der Waals surface area (Å²) in [6.45, 7) is 7.85. The fraction of sp³-hybridized carbons (Fsp3) is 0.300. The topological polar surface area (TPSA) is 67.8 Å². The van der Waals surface area contributed by atoms with Crippen LogP contribution in [0.4, 0.5) is 0 Å². The molecule has 1 aromatic carbocycles. The summed E-state index contributed by atoms with van der Waals surface area (Å²) >= 11 is 0. The zero-order valence-corrected chi connectivity index (χ0v) is 18.1. The number of nitrogens with one attached hydrogen (secondary N) is 2. The first-order valence-corrected chi connectivity index (χ1v) is 8.61. The van der Waals surface area contributed by atoms with E-state index in [-0.39, 0.29) is 24.0 Å². The normalized spacial score (nSPS) is 10.5. The van der Waals surface area contributed by atoms with Gasteiger partial charge in [0.1, 0.15) is 12.4 Å². The van der Waals surface area contributed by atoms with Crippen LogP contribution in [-0.2, 0) is 13.1 Å². The predicted molar refractivity (Wildman–Crippen MR) is 120 cm³/mol. The van der Waals surface area contributed by atoms with Crippen LogP contribution in [0, 0.1) is 0 Å². The number of halogens is 1. The number of pyridine rings is 1. The van der Waals surface area contributed by atoms with Crippen LogP contribution >= 0.6 is 24.0 Å². The van der Waals surface area contributed by atoms with Gasteiger partial charge in [-0.3, -0.25) is 4.99 Å². The van der Waals surface area contributed by atoms with E-state index >= 15 is 0 Å². The van der Waals surface area contributed by atoms with Gasteiger partial charge in [0.2, 0.25) is 5.88 Å². The lowest BCUT2D eigenvalue weighted by atomic mass is 10.2. The molecule has 2 N–H and O–H groups in total. The minimum atomic E-state index is 0. The lowest BCUT2D eigenvalue weighted by molar-refractivity contribution is 0.322. The molecule has 146 valence electrons. The molecule has 0 fully saturated rings. The van der Waals surface area contributed by atoms with Gasteiger partial charge in [-0.15, -0.1) is 24.0 Å². The summed E-state index contributed by atoms with van der Waals surface area (Å²) in [5.41, 5.74) is 2.03. The van der Waals surface area contributed by atoms with E-state index in [4.69, 9.17) is 9.47 Å². The van der Waals surface area contributed by atoms with Crippen molar-refractivity contribution in [1.29, 1.82) is 0 Å². The Balaban J connectivity index is 0.00000364. The molecule has 6 nitrogen and oxygen atoms in total. The Hall–Kier alpha value is -2.29. The van der Waals surface area contributed by atoms with Gasteiger partial charge in [-0.25, -0.2) is 4.98 Å². The Morgan fingerprint density at radius 2 is 1.81 bits per heavy atom. The quantitative estimate of drug-likeness (QED) is 0.248. The predicted octanol–water partition coefficient (Wildman–Crippen LogP) is 3.53. The van der Waals surface area contributed by atoms with Crippen LogP contribution < -0.4 is 20.1 Å². The average molecular weight is 482 g/mol. The second-order valence-corrected chi connectivity index (χ2v) is 5.39. The number of nitrogens with zero attached hydrogens (tertiary/aromatic N) is 2. The van der Waals surface area contributed by atoms with Gasteiger partial charge < -0.3 is 20.1 Å². The van der Waals surface area contributed by atoms with E-state index in [0.29, 0.717) is 38.1 Å². The van der Waals surface area contributed by atoms with Crippen molar-refractivity contribution in [3.8, 4) is 11.6 Å². The van der Waals surface area contributed by atoms with Crippen LogP contribution in [0.15, 0.2) is 60.2 Å². The number of rotatable bonds is 9. The van der Waals surface area contributed by atoms with Gasteiger partial charge in [0, 0.05) is 37.5 Å². The molecule has 7 heteroatoms. The van der Waals surface area contributed by atoms with Gasteiger partial charge in [-0.05, 0) is 19.1 Å². The molecule has 0 saturated carbocycles. The molecule has 0 saturated heterocycles. The Morgan fingerprint density at radius 3 is 2.52 bits per heavy atom. The van der Waals surface area contributed by atoms with Crippen LogP contribution in [0.25, 0.3) is 0 Å². The molecule has 0 atom stereocenters. The van der Waals surface area contributed by atoms with Crippen LogP contribution in [0.1, 0.15) is 18.1 Å². The van der Waals surface area contributed by atoms with Gasteiger partial charge in [0.05, 0.1) is 6.61 Å². The number of hydrogen-bond donors (Lipinski definition) is 2. The molecule has 0 amide bonds. The van der Waals surface area contributed by atoms with Crippen LogP contribution in [0.2, 0.25) is 0 Å². The molecule has 0 aliphatic rings. The van der Waals surface area contributed by atoms with Crippen LogP contribution in [-0.4, -0.2) is 31.2 Å². The van der Waals surface area contributed by atoms with E-state index in [1.807, 2.05) is 43.3 Å². The summed E-state index contributed by atoms with van der Waals surface area (Å²) in [6, 6.07) is 11.8. The molecule has 2 aromatic rings. The fourth-order valence-electron chi connectivity index (χ4n) is 2.34. The largest absolute Gasteiger partial charge is 0.489 e. The van der Waals surface area contributed by atoms with Gasteiger partial charge >= 0.3 is 0 Å². The molecule has 27 heavy (non-hydrogen) atoms. The molecule has 0 spiro atoms. The molecular formula is C20H27IN4O2. The van der Waals surface area contributed by atoms with E-state index in [1.165, 1.54) is 0 Å². The lowest BCUT2D eigenvalue weighted by Gasteiger charge is -2.15. The van der Waals surface area contributed by atoms with Crippen molar-refractivity contribution in [2.24, 2.45) is 4.99 Å². The summed E-state index contributed by atoms with van der Waals surface area (Å²) < 4.78 is 11.2. The van der Waals surface area contributed by atoms with Crippen molar-refractivity contribution in [2.45, 2.75) is 20.0 Å².